The quantitative estimate of drug-likeness (QED) is 0.627. The number of benzene rings is 2. The molecule has 0 saturated carbocycles. The van der Waals surface area contributed by atoms with E-state index in [1.54, 1.807) is 12.1 Å². The zero-order valence-electron chi connectivity index (χ0n) is 9.56. The second-order valence-corrected chi connectivity index (χ2v) is 9.11. The number of para-hydroxylation sites is 1. The standard InChI is InChI=1S/C12H11O2PS2.Zn/c13-15(16,14-11-7-3-1-4-8-11)17-12-9-5-2-6-10-12;/h1-10H,(H,13,16);/p-1. The molecular weight excluding hydrogens is 337 g/mol. The third kappa shape index (κ3) is 5.21. The first-order valence-corrected chi connectivity index (χ1v) is 9.02. The molecular formula is C12H10O2PS2Zn-. The van der Waals surface area contributed by atoms with Gasteiger partial charge in [0.2, 0.25) is 0 Å². The summed E-state index contributed by atoms with van der Waals surface area (Å²) in [6.07, 6.45) is 0. The summed E-state index contributed by atoms with van der Waals surface area (Å²) in [4.78, 5) is 13.0. The Morgan fingerprint density at radius 3 is 2.00 bits per heavy atom. The van der Waals surface area contributed by atoms with E-state index in [1.807, 2.05) is 48.5 Å². The fraction of sp³-hybridized carbons (Fsp3) is 0. The van der Waals surface area contributed by atoms with Crippen molar-refractivity contribution in [2.45, 2.75) is 4.90 Å². The average molecular weight is 347 g/mol. The van der Waals surface area contributed by atoms with Crippen molar-refractivity contribution in [3.63, 3.8) is 0 Å². The Balaban J connectivity index is 0.00000162. The van der Waals surface area contributed by atoms with Gasteiger partial charge < -0.3 is 9.42 Å². The van der Waals surface area contributed by atoms with Crippen LogP contribution in [0.3, 0.4) is 0 Å². The molecule has 0 radical (unpaired) electrons. The Morgan fingerprint density at radius 2 is 1.44 bits per heavy atom. The van der Waals surface area contributed by atoms with Crippen molar-refractivity contribution in [1.29, 1.82) is 0 Å². The normalized spacial score (nSPS) is 13.2. The first-order chi connectivity index (χ1) is 8.16. The Morgan fingerprint density at radius 1 is 0.944 bits per heavy atom. The van der Waals surface area contributed by atoms with Crippen LogP contribution in [0.1, 0.15) is 0 Å². The van der Waals surface area contributed by atoms with Gasteiger partial charge in [0.15, 0.2) is 0 Å². The zero-order valence-corrected chi connectivity index (χ0v) is 15.1. The molecule has 0 aliphatic rings. The fourth-order valence-corrected chi connectivity index (χ4v) is 4.74. The summed E-state index contributed by atoms with van der Waals surface area (Å²) < 4.78 is 5.34. The van der Waals surface area contributed by atoms with E-state index in [0.29, 0.717) is 5.75 Å². The third-order valence-corrected chi connectivity index (χ3v) is 5.48. The molecule has 6 heteroatoms. The molecule has 1 unspecified atom stereocenters. The predicted octanol–water partition coefficient (Wildman–Crippen LogP) is 3.44. The van der Waals surface area contributed by atoms with Gasteiger partial charge in [0.1, 0.15) is 11.4 Å². The zero-order chi connectivity index (χ0) is 12.1. The summed E-state index contributed by atoms with van der Waals surface area (Å²) in [5, 5.41) is 0. The van der Waals surface area contributed by atoms with Gasteiger partial charge in [-0.05, 0) is 24.3 Å². The molecule has 0 saturated heterocycles. The van der Waals surface area contributed by atoms with Crippen LogP contribution in [-0.4, -0.2) is 0 Å². The van der Waals surface area contributed by atoms with Crippen LogP contribution in [0, 0.1) is 0 Å². The van der Waals surface area contributed by atoms with E-state index in [-0.39, 0.29) is 19.5 Å². The molecule has 0 aromatic heterocycles. The van der Waals surface area contributed by atoms with Gasteiger partial charge in [0, 0.05) is 24.4 Å². The fourth-order valence-electron chi connectivity index (χ4n) is 1.24. The maximum atomic E-state index is 12.1. The van der Waals surface area contributed by atoms with Crippen molar-refractivity contribution < 1.29 is 28.9 Å². The van der Waals surface area contributed by atoms with Crippen molar-refractivity contribution in [1.82, 2.24) is 0 Å². The van der Waals surface area contributed by atoms with Crippen LogP contribution in [0.4, 0.5) is 0 Å². The minimum absolute atomic E-state index is 0. The van der Waals surface area contributed by atoms with Crippen LogP contribution < -0.4 is 9.42 Å². The van der Waals surface area contributed by atoms with Gasteiger partial charge in [-0.25, -0.2) is 0 Å². The molecule has 0 N–H and O–H groups in total. The molecule has 2 nitrogen and oxygen atoms in total. The molecule has 2 aromatic carbocycles. The Bertz CT molecular complexity index is 477. The van der Waals surface area contributed by atoms with Crippen LogP contribution in [-0.2, 0) is 31.3 Å². The largest absolute Gasteiger partial charge is 0.783 e. The Hall–Kier alpha value is -0.177. The van der Waals surface area contributed by atoms with Gasteiger partial charge in [-0.1, -0.05) is 59.6 Å². The molecule has 0 fully saturated rings. The maximum absolute atomic E-state index is 12.1. The van der Waals surface area contributed by atoms with Crippen LogP contribution in [0.25, 0.3) is 0 Å². The van der Waals surface area contributed by atoms with Crippen LogP contribution in [0.5, 0.6) is 5.75 Å². The molecule has 0 spiro atoms. The number of hydrogen-bond donors (Lipinski definition) is 0. The SMILES string of the molecule is [O-]P(=S)(Oc1ccccc1)Sc1ccccc1.[Zn]. The average Bonchev–Trinajstić information content (AvgIpc) is 2.30. The Kier molecular flexibility index (Phi) is 6.55. The van der Waals surface area contributed by atoms with Crippen molar-refractivity contribution >= 4 is 28.9 Å². The second kappa shape index (κ2) is 7.42. The molecule has 18 heavy (non-hydrogen) atoms. The summed E-state index contributed by atoms with van der Waals surface area (Å²) in [6.45, 7) is 0. The van der Waals surface area contributed by atoms with Gasteiger partial charge in [-0.2, -0.15) is 0 Å². The van der Waals surface area contributed by atoms with Gasteiger partial charge in [0.25, 0.3) is 0 Å². The summed E-state index contributed by atoms with van der Waals surface area (Å²) in [5.74, 6) is 0.536. The first kappa shape index (κ1) is 15.9. The van der Waals surface area contributed by atoms with Gasteiger partial charge >= 0.3 is 0 Å². The van der Waals surface area contributed by atoms with Gasteiger partial charge in [-0.3, -0.25) is 0 Å². The molecule has 0 aliphatic heterocycles. The van der Waals surface area contributed by atoms with Gasteiger partial charge in [0.05, 0.1) is 0 Å². The third-order valence-electron chi connectivity index (χ3n) is 1.92. The molecule has 90 valence electrons. The summed E-state index contributed by atoms with van der Waals surface area (Å²) >= 11 is 6.09. The predicted molar refractivity (Wildman–Crippen MR) is 73.7 cm³/mol. The maximum Gasteiger partial charge on any atom is 0.123 e. The summed E-state index contributed by atoms with van der Waals surface area (Å²) in [6, 6.07) is 18.4. The summed E-state index contributed by atoms with van der Waals surface area (Å²) in [5.41, 5.74) is -3.14. The van der Waals surface area contributed by atoms with Crippen molar-refractivity contribution in [3.05, 3.63) is 60.7 Å². The van der Waals surface area contributed by atoms with E-state index in [0.717, 1.165) is 16.3 Å². The first-order valence-electron chi connectivity index (χ1n) is 4.96. The van der Waals surface area contributed by atoms with E-state index in [4.69, 9.17) is 16.3 Å². The molecule has 0 heterocycles. The monoisotopic (exact) mass is 345 g/mol. The molecule has 2 aromatic rings. The van der Waals surface area contributed by atoms with Crippen LogP contribution >= 0.6 is 17.1 Å². The molecule has 2 rings (SSSR count). The van der Waals surface area contributed by atoms with Crippen molar-refractivity contribution in [2.75, 3.05) is 0 Å². The van der Waals surface area contributed by atoms with Crippen LogP contribution in [0.2, 0.25) is 0 Å². The van der Waals surface area contributed by atoms with E-state index < -0.39 is 5.69 Å². The van der Waals surface area contributed by atoms with Crippen molar-refractivity contribution in [3.8, 4) is 5.75 Å². The molecule has 0 amide bonds. The topological polar surface area (TPSA) is 32.3 Å². The van der Waals surface area contributed by atoms with Gasteiger partial charge in [-0.15, -0.1) is 0 Å². The molecule has 0 bridgehead atoms. The number of hydrogen-bond acceptors (Lipinski definition) is 4. The minimum Gasteiger partial charge on any atom is -0.783 e. The molecule has 0 aliphatic carbocycles. The van der Waals surface area contributed by atoms with E-state index >= 15 is 0 Å². The van der Waals surface area contributed by atoms with Crippen LogP contribution in [0.15, 0.2) is 65.6 Å². The van der Waals surface area contributed by atoms with E-state index in [9.17, 15) is 4.89 Å². The molecule has 1 atom stereocenters. The smallest absolute Gasteiger partial charge is 0.123 e. The minimum atomic E-state index is -3.14. The van der Waals surface area contributed by atoms with E-state index in [2.05, 4.69) is 0 Å². The second-order valence-electron chi connectivity index (χ2n) is 3.26. The van der Waals surface area contributed by atoms with Crippen molar-refractivity contribution in [2.24, 2.45) is 0 Å². The number of rotatable bonds is 4. The Labute approximate surface area is 128 Å². The van der Waals surface area contributed by atoms with E-state index in [1.165, 1.54) is 0 Å². The summed E-state index contributed by atoms with van der Waals surface area (Å²) in [7, 11) is 0.